The first kappa shape index (κ1) is 27.6. The van der Waals surface area contributed by atoms with Gasteiger partial charge in [-0.3, -0.25) is 9.59 Å². The smallest absolute Gasteiger partial charge is 0.247 e. The molecule has 0 spiro atoms. The Morgan fingerprint density at radius 3 is 2.33 bits per heavy atom. The number of allylic oxidation sites excluding steroid dienone is 1. The fourth-order valence-electron chi connectivity index (χ4n) is 4.57. The number of anilines is 2. The van der Waals surface area contributed by atoms with Crippen molar-refractivity contribution in [2.45, 2.75) is 26.2 Å². The zero-order valence-corrected chi connectivity index (χ0v) is 22.3. The number of nitrogens with zero attached hydrogens (tertiary/aromatic N) is 2. The molecule has 0 saturated carbocycles. The molecule has 0 unspecified atom stereocenters. The number of ether oxygens (including phenoxy) is 1. The van der Waals surface area contributed by atoms with Crippen molar-refractivity contribution in [1.82, 2.24) is 10.2 Å². The summed E-state index contributed by atoms with van der Waals surface area (Å²) in [4.78, 5) is 30.9. The van der Waals surface area contributed by atoms with Crippen LogP contribution >= 0.6 is 0 Å². The third-order valence-electron chi connectivity index (χ3n) is 6.46. The van der Waals surface area contributed by atoms with Crippen LogP contribution in [0, 0.1) is 0 Å². The van der Waals surface area contributed by atoms with Crippen molar-refractivity contribution in [2.24, 2.45) is 4.99 Å². The van der Waals surface area contributed by atoms with Gasteiger partial charge in [-0.25, -0.2) is 4.99 Å². The molecule has 4 rings (SSSR count). The Bertz CT molecular complexity index is 1300. The molecule has 8 nitrogen and oxygen atoms in total. The molecule has 0 aliphatic carbocycles. The van der Waals surface area contributed by atoms with E-state index in [1.54, 1.807) is 18.3 Å². The van der Waals surface area contributed by atoms with Gasteiger partial charge in [-0.2, -0.15) is 0 Å². The van der Waals surface area contributed by atoms with E-state index in [-0.39, 0.29) is 18.2 Å². The van der Waals surface area contributed by atoms with Gasteiger partial charge in [-0.1, -0.05) is 50.8 Å². The van der Waals surface area contributed by atoms with E-state index >= 15 is 0 Å². The first-order valence-corrected chi connectivity index (χ1v) is 13.2. The standard InChI is InChI=1S/C31H35N5O3/c1-4-7-28(36-16-18-39-19-17-36)26-21-27(35-31(26)32-6-3)23-10-14-25(15-11-23)34-30(38)20-22-8-12-24(13-9-22)33-29(37)5-2/h5-6,8-15,21H,2-4,7,16-20H2,1H3,(H,32,35)(H,33,37)(H,34,38)/b28-26+. The summed E-state index contributed by atoms with van der Waals surface area (Å²) in [6.45, 7) is 12.6. The van der Waals surface area contributed by atoms with E-state index in [9.17, 15) is 9.59 Å². The minimum atomic E-state index is -0.275. The number of morpholine rings is 1. The summed E-state index contributed by atoms with van der Waals surface area (Å²) in [6.07, 6.45) is 7.13. The molecule has 2 heterocycles. The number of hydrogen-bond donors (Lipinski definition) is 3. The number of carbonyl (C=O) groups excluding carboxylic acids is 2. The van der Waals surface area contributed by atoms with Crippen LogP contribution in [-0.4, -0.2) is 48.9 Å². The zero-order chi connectivity index (χ0) is 27.6. The summed E-state index contributed by atoms with van der Waals surface area (Å²) in [5.41, 5.74) is 6.51. The Hall–Kier alpha value is -4.43. The van der Waals surface area contributed by atoms with Crippen LogP contribution in [0.25, 0.3) is 5.70 Å². The molecule has 2 amide bonds. The summed E-state index contributed by atoms with van der Waals surface area (Å²) >= 11 is 0. The third kappa shape index (κ3) is 7.33. The molecule has 3 N–H and O–H groups in total. The second-order valence-electron chi connectivity index (χ2n) is 9.25. The summed E-state index contributed by atoms with van der Waals surface area (Å²) in [6, 6.07) is 14.9. The van der Waals surface area contributed by atoms with E-state index in [0.717, 1.165) is 67.4 Å². The minimum absolute atomic E-state index is 0.121. The van der Waals surface area contributed by atoms with Gasteiger partial charge in [-0.05, 0) is 54.0 Å². The van der Waals surface area contributed by atoms with Gasteiger partial charge in [-0.15, -0.1) is 0 Å². The van der Waals surface area contributed by atoms with Crippen LogP contribution in [0.5, 0.6) is 0 Å². The van der Waals surface area contributed by atoms with Gasteiger partial charge in [0, 0.05) is 47.6 Å². The van der Waals surface area contributed by atoms with E-state index in [1.165, 1.54) is 11.8 Å². The van der Waals surface area contributed by atoms with Crippen LogP contribution in [-0.2, 0) is 20.7 Å². The van der Waals surface area contributed by atoms with Gasteiger partial charge >= 0.3 is 0 Å². The normalized spacial score (nSPS) is 17.2. The van der Waals surface area contributed by atoms with Crippen LogP contribution < -0.4 is 16.0 Å². The number of amidine groups is 1. The summed E-state index contributed by atoms with van der Waals surface area (Å²) < 4.78 is 5.56. The summed E-state index contributed by atoms with van der Waals surface area (Å²) in [5.74, 6) is 0.397. The van der Waals surface area contributed by atoms with Crippen molar-refractivity contribution in [3.05, 3.63) is 102 Å². The van der Waals surface area contributed by atoms with Gasteiger partial charge < -0.3 is 25.6 Å². The molecule has 0 bridgehead atoms. The van der Waals surface area contributed by atoms with Gasteiger partial charge in [0.2, 0.25) is 11.8 Å². The monoisotopic (exact) mass is 525 g/mol. The van der Waals surface area contributed by atoms with E-state index in [0.29, 0.717) is 11.4 Å². The first-order valence-electron chi connectivity index (χ1n) is 13.2. The second-order valence-corrected chi connectivity index (χ2v) is 9.25. The Labute approximate surface area is 229 Å². The van der Waals surface area contributed by atoms with Crippen molar-refractivity contribution in [3.63, 3.8) is 0 Å². The SMILES string of the molecule is C=CN=C1NC(c2ccc(NC(=O)Cc3ccc(NC(=O)C=C)cc3)cc2)=C/C1=C(/CCC)N1CCOCC1. The number of hydrogen-bond acceptors (Lipinski definition) is 5. The van der Waals surface area contributed by atoms with Crippen LogP contribution in [0.3, 0.4) is 0 Å². The molecular weight excluding hydrogens is 490 g/mol. The average Bonchev–Trinajstić information content (AvgIpc) is 3.37. The number of carbonyl (C=O) groups is 2. The van der Waals surface area contributed by atoms with Crippen molar-refractivity contribution in [2.75, 3.05) is 36.9 Å². The molecule has 0 aromatic heterocycles. The fraction of sp³-hybridized carbons (Fsp3) is 0.258. The van der Waals surface area contributed by atoms with Crippen LogP contribution in [0.1, 0.15) is 30.9 Å². The number of nitrogens with one attached hydrogen (secondary N) is 3. The topological polar surface area (TPSA) is 95.1 Å². The van der Waals surface area contributed by atoms with Gasteiger partial charge in [0.05, 0.1) is 19.6 Å². The molecular formula is C31H35N5O3. The highest BCUT2D eigenvalue weighted by atomic mass is 16.5. The molecule has 1 fully saturated rings. The molecule has 8 heteroatoms. The van der Waals surface area contributed by atoms with Gasteiger partial charge in [0.1, 0.15) is 5.84 Å². The Morgan fingerprint density at radius 2 is 1.69 bits per heavy atom. The van der Waals surface area contributed by atoms with E-state index < -0.39 is 0 Å². The van der Waals surface area contributed by atoms with Crippen LogP contribution in [0.15, 0.2) is 96.3 Å². The molecule has 0 radical (unpaired) electrons. The molecule has 202 valence electrons. The lowest BCUT2D eigenvalue weighted by Crippen LogP contribution is -2.37. The van der Waals surface area contributed by atoms with Crippen molar-refractivity contribution >= 4 is 34.7 Å². The Morgan fingerprint density at radius 1 is 1.03 bits per heavy atom. The Balaban J connectivity index is 1.45. The third-order valence-corrected chi connectivity index (χ3v) is 6.46. The van der Waals surface area contributed by atoms with Gasteiger partial charge in [0.25, 0.3) is 0 Å². The van der Waals surface area contributed by atoms with E-state index in [2.05, 4.69) is 52.0 Å². The quantitative estimate of drug-likeness (QED) is 0.385. The number of amides is 2. The van der Waals surface area contributed by atoms with Crippen LogP contribution in [0.4, 0.5) is 11.4 Å². The van der Waals surface area contributed by atoms with Crippen LogP contribution in [0.2, 0.25) is 0 Å². The maximum absolute atomic E-state index is 12.6. The highest BCUT2D eigenvalue weighted by molar-refractivity contribution is 6.12. The maximum Gasteiger partial charge on any atom is 0.247 e. The first-order chi connectivity index (χ1) is 19.0. The van der Waals surface area contributed by atoms with E-state index in [1.807, 2.05) is 36.4 Å². The molecule has 2 aromatic rings. The largest absolute Gasteiger partial charge is 0.378 e. The van der Waals surface area contributed by atoms with Crippen molar-refractivity contribution in [1.29, 1.82) is 0 Å². The lowest BCUT2D eigenvalue weighted by atomic mass is 10.1. The Kier molecular flexibility index (Phi) is 9.48. The van der Waals surface area contributed by atoms with E-state index in [4.69, 9.17) is 4.74 Å². The summed E-state index contributed by atoms with van der Waals surface area (Å²) in [7, 11) is 0. The summed E-state index contributed by atoms with van der Waals surface area (Å²) in [5, 5.41) is 9.10. The molecule has 2 aromatic carbocycles. The van der Waals surface area contributed by atoms with Crippen molar-refractivity contribution < 1.29 is 14.3 Å². The highest BCUT2D eigenvalue weighted by Gasteiger charge is 2.24. The molecule has 1 saturated heterocycles. The second kappa shape index (κ2) is 13.4. The molecule has 2 aliphatic heterocycles. The fourth-order valence-corrected chi connectivity index (χ4v) is 4.57. The predicted octanol–water partition coefficient (Wildman–Crippen LogP) is 4.86. The molecule has 39 heavy (non-hydrogen) atoms. The van der Waals surface area contributed by atoms with Gasteiger partial charge in [0.15, 0.2) is 0 Å². The lowest BCUT2D eigenvalue weighted by molar-refractivity contribution is -0.115. The highest BCUT2D eigenvalue weighted by Crippen LogP contribution is 2.28. The van der Waals surface area contributed by atoms with Crippen molar-refractivity contribution in [3.8, 4) is 0 Å². The number of aliphatic imine (C=N–C) groups is 1. The number of benzene rings is 2. The zero-order valence-electron chi connectivity index (χ0n) is 22.3. The molecule has 0 atom stereocenters. The molecule has 2 aliphatic rings. The number of rotatable bonds is 10. The minimum Gasteiger partial charge on any atom is -0.378 e. The predicted molar refractivity (Wildman–Crippen MR) is 157 cm³/mol. The maximum atomic E-state index is 12.6. The lowest BCUT2D eigenvalue weighted by Gasteiger charge is -2.32. The average molecular weight is 526 g/mol.